The molecule has 6 heteroatoms. The van der Waals surface area contributed by atoms with Crippen LogP contribution in [0.5, 0.6) is 5.75 Å². The summed E-state index contributed by atoms with van der Waals surface area (Å²) < 4.78 is 23.1. The van der Waals surface area contributed by atoms with E-state index in [-0.39, 0.29) is 16.4 Å². The first kappa shape index (κ1) is 25.4. The Balaban J connectivity index is 2.35. The molecule has 2 atom stereocenters. The van der Waals surface area contributed by atoms with E-state index >= 15 is 0 Å². The second kappa shape index (κ2) is 9.95. The van der Waals surface area contributed by atoms with Crippen molar-refractivity contribution >= 4 is 44.4 Å². The molecule has 0 amide bonds. The van der Waals surface area contributed by atoms with Crippen molar-refractivity contribution in [2.75, 3.05) is 7.05 Å². The van der Waals surface area contributed by atoms with E-state index < -0.39 is 22.2 Å². The average molecular weight is 655 g/mol. The fraction of sp³-hybridized carbons (Fsp3) is 0.520. The van der Waals surface area contributed by atoms with Crippen molar-refractivity contribution in [3.63, 3.8) is 0 Å². The Labute approximate surface area is 202 Å². The number of aryl methyl sites for hydroxylation is 1. The molecule has 0 aromatic heterocycles. The van der Waals surface area contributed by atoms with Gasteiger partial charge in [-0.3, -0.25) is 0 Å². The van der Waals surface area contributed by atoms with Gasteiger partial charge < -0.3 is 0 Å². The maximum absolute atomic E-state index is 14.2. The van der Waals surface area contributed by atoms with Crippen LogP contribution in [0.1, 0.15) is 76.1 Å². The Morgan fingerprint density at radius 3 is 2.55 bits per heavy atom. The molecule has 31 heavy (non-hydrogen) atoms. The summed E-state index contributed by atoms with van der Waals surface area (Å²) in [5, 5.41) is 1.22. The molecule has 0 saturated heterocycles. The monoisotopic (exact) mass is 655 g/mol. The van der Waals surface area contributed by atoms with Gasteiger partial charge in [-0.05, 0) is 0 Å². The Kier molecular flexibility index (Phi) is 8.15. The van der Waals surface area contributed by atoms with Gasteiger partial charge in [0.15, 0.2) is 0 Å². The zero-order valence-corrected chi connectivity index (χ0v) is 26.1. The second-order valence-corrected chi connectivity index (χ2v) is 21.5. The van der Waals surface area contributed by atoms with E-state index in [9.17, 15) is 4.39 Å². The summed E-state index contributed by atoms with van der Waals surface area (Å²) in [5.41, 5.74) is 4.82. The van der Waals surface area contributed by atoms with Gasteiger partial charge >= 0.3 is 203 Å². The van der Waals surface area contributed by atoms with Crippen LogP contribution < -0.4 is 7.99 Å². The van der Waals surface area contributed by atoms with Gasteiger partial charge in [-0.25, -0.2) is 0 Å². The summed E-state index contributed by atoms with van der Waals surface area (Å²) in [6.07, 6.45) is 3.17. The van der Waals surface area contributed by atoms with Crippen LogP contribution in [0.2, 0.25) is 0 Å². The zero-order valence-electron chi connectivity index (χ0n) is 19.9. The summed E-state index contributed by atoms with van der Waals surface area (Å²) in [7, 11) is 9.60. The van der Waals surface area contributed by atoms with E-state index in [4.69, 9.17) is 11.0 Å². The van der Waals surface area contributed by atoms with Crippen LogP contribution >= 0.6 is 16.9 Å². The van der Waals surface area contributed by atoms with Crippen molar-refractivity contribution < 1.29 is 7.08 Å². The van der Waals surface area contributed by atoms with Crippen LogP contribution in [0, 0.1) is 12.7 Å². The van der Waals surface area contributed by atoms with Gasteiger partial charge in [0.25, 0.3) is 0 Å². The van der Waals surface area contributed by atoms with Gasteiger partial charge in [-0.1, -0.05) is 0 Å². The van der Waals surface area contributed by atoms with Crippen LogP contribution in [0.3, 0.4) is 0 Å². The zero-order chi connectivity index (χ0) is 23.0. The number of hydrogen-bond donors (Lipinski definition) is 0. The summed E-state index contributed by atoms with van der Waals surface area (Å²) in [5.74, 6) is 0.849. The number of nitrogens with zero attached hydrogens (tertiary/aromatic N) is 1. The van der Waals surface area contributed by atoms with Gasteiger partial charge in [0.05, 0.1) is 0 Å². The van der Waals surface area contributed by atoms with E-state index in [1.54, 1.807) is 12.1 Å². The molecule has 0 bridgehead atoms. The van der Waals surface area contributed by atoms with E-state index in [1.807, 2.05) is 13.1 Å². The summed E-state index contributed by atoms with van der Waals surface area (Å²) in [6, 6.07) is 9.92. The van der Waals surface area contributed by atoms with E-state index in [0.717, 1.165) is 30.6 Å². The summed E-state index contributed by atoms with van der Waals surface area (Å²) >= 11 is -3.20. The number of halogens is 2. The average Bonchev–Trinajstić information content (AvgIpc) is 2.69. The standard InChI is InChI=1S/C25H36FNOP.ClH.Tl/c1-8-12-25(9-2,29-22-11-10-19(26)15-18(22)16-27-7)21-14-17(3)13-20(23(21)28)24(4,5)6;;/h10-11,13-15,28-29H,8-9,12,16H2,1-7H3;1H;/q-1;;+3/p-2. The quantitative estimate of drug-likeness (QED) is 0.264. The summed E-state index contributed by atoms with van der Waals surface area (Å²) in [6.45, 7) is 14.1. The molecule has 0 spiro atoms. The molecule has 1 aliphatic heterocycles. The first-order chi connectivity index (χ1) is 14.5. The Bertz CT molecular complexity index is 948. The van der Waals surface area contributed by atoms with Gasteiger partial charge in [-0.2, -0.15) is 0 Å². The fourth-order valence-corrected chi connectivity index (χ4v) is 11.6. The van der Waals surface area contributed by atoms with Crippen LogP contribution in [-0.4, -0.2) is 32.0 Å². The third kappa shape index (κ3) is 5.47. The Morgan fingerprint density at radius 1 is 1.23 bits per heavy atom. The van der Waals surface area contributed by atoms with Gasteiger partial charge in [-0.15, -0.1) is 0 Å². The molecule has 0 radical (unpaired) electrons. The molecule has 1 aliphatic rings. The minimum absolute atomic E-state index is 0.0386. The molecular formula is C25H35ClFNOPTl. The molecule has 0 fully saturated rings. The molecule has 0 N–H and O–H groups in total. The van der Waals surface area contributed by atoms with Crippen LogP contribution in [0.15, 0.2) is 30.3 Å². The second-order valence-electron chi connectivity index (χ2n) is 9.88. The number of hydrogen-bond acceptors (Lipinski definition) is 2. The predicted molar refractivity (Wildman–Crippen MR) is 135 cm³/mol. The SMILES string of the molecule is CCCC1(CC)Pc2ccc(F)cc2C[N](C)[Tl]([Cl])[O]c2c(C(C)(C)C)cc(C)cc21. The molecule has 2 aromatic rings. The molecule has 2 aromatic carbocycles. The van der Waals surface area contributed by atoms with E-state index in [2.05, 4.69) is 56.4 Å². The first-order valence-electron chi connectivity index (χ1n) is 11.2. The molecule has 0 aliphatic carbocycles. The normalized spacial score (nSPS) is 20.9. The van der Waals surface area contributed by atoms with E-state index in [1.165, 1.54) is 22.0 Å². The Morgan fingerprint density at radius 2 is 1.94 bits per heavy atom. The molecule has 168 valence electrons. The minimum atomic E-state index is -3.20. The number of fused-ring (bicyclic) bond motifs is 2. The predicted octanol–water partition coefficient (Wildman–Crippen LogP) is 6.89. The first-order valence-corrected chi connectivity index (χ1v) is 21.6. The summed E-state index contributed by atoms with van der Waals surface area (Å²) in [4.78, 5) is 0. The van der Waals surface area contributed by atoms with Crippen molar-refractivity contribution in [3.05, 3.63) is 58.4 Å². The molecule has 3 rings (SSSR count). The van der Waals surface area contributed by atoms with Crippen molar-refractivity contribution in [1.82, 2.24) is 2.71 Å². The van der Waals surface area contributed by atoms with Crippen molar-refractivity contribution in [2.45, 2.75) is 77.9 Å². The number of benzene rings is 2. The molecule has 0 saturated carbocycles. The third-order valence-corrected chi connectivity index (χ3v) is 17.2. The van der Waals surface area contributed by atoms with Crippen LogP contribution in [-0.2, 0) is 17.1 Å². The number of rotatable bonds is 3. The third-order valence-electron chi connectivity index (χ3n) is 6.26. The van der Waals surface area contributed by atoms with Gasteiger partial charge in [0.1, 0.15) is 0 Å². The molecule has 2 unspecified atom stereocenters. The molecule has 2 nitrogen and oxygen atoms in total. The van der Waals surface area contributed by atoms with Gasteiger partial charge in [0.2, 0.25) is 0 Å². The van der Waals surface area contributed by atoms with E-state index in [0.29, 0.717) is 15.1 Å². The molecular weight excluding hydrogens is 620 g/mol. The van der Waals surface area contributed by atoms with Gasteiger partial charge in [0, 0.05) is 0 Å². The van der Waals surface area contributed by atoms with Crippen molar-refractivity contribution in [1.29, 1.82) is 0 Å². The van der Waals surface area contributed by atoms with Crippen molar-refractivity contribution in [3.8, 4) is 5.75 Å². The molecule has 1 heterocycles. The maximum atomic E-state index is 14.2. The van der Waals surface area contributed by atoms with Crippen molar-refractivity contribution in [2.24, 2.45) is 0 Å². The Hall–Kier alpha value is -0.228. The topological polar surface area (TPSA) is 12.5 Å². The van der Waals surface area contributed by atoms with Crippen LogP contribution in [0.25, 0.3) is 0 Å². The van der Waals surface area contributed by atoms with Crippen LogP contribution in [0.4, 0.5) is 4.39 Å². The fourth-order valence-electron chi connectivity index (χ4n) is 4.56.